The maximum atomic E-state index is 12.6. The van der Waals surface area contributed by atoms with Gasteiger partial charge in [-0.15, -0.1) is 0 Å². The highest BCUT2D eigenvalue weighted by Gasteiger charge is 2.30. The fraction of sp³-hybridized carbons (Fsp3) is 0.320. The number of carbonyl (C=O) groups is 1. The van der Waals surface area contributed by atoms with E-state index in [-0.39, 0.29) is 18.7 Å². The van der Waals surface area contributed by atoms with Crippen LogP contribution < -0.4 is 14.8 Å². The molecule has 2 heterocycles. The van der Waals surface area contributed by atoms with E-state index in [4.69, 9.17) is 21.1 Å². The molecule has 0 spiro atoms. The van der Waals surface area contributed by atoms with Crippen LogP contribution in [0.15, 0.2) is 54.6 Å². The van der Waals surface area contributed by atoms with Crippen molar-refractivity contribution in [2.24, 2.45) is 0 Å². The average Bonchev–Trinajstić information content (AvgIpc) is 3.38. The lowest BCUT2D eigenvalue weighted by molar-refractivity contribution is -0.129. The number of nitrogens with zero attached hydrogens (tertiary/aromatic N) is 1. The van der Waals surface area contributed by atoms with E-state index in [2.05, 4.69) is 46.6 Å². The van der Waals surface area contributed by atoms with E-state index in [9.17, 15) is 4.79 Å². The smallest absolute Gasteiger partial charge is 0.231 e. The lowest BCUT2D eigenvalue weighted by Crippen LogP contribution is -2.34. The second-order valence-corrected chi connectivity index (χ2v) is 8.52. The number of hydrogen-bond acceptors (Lipinski definition) is 4. The van der Waals surface area contributed by atoms with Gasteiger partial charge in [0.05, 0.1) is 0 Å². The molecule has 1 fully saturated rings. The zero-order valence-corrected chi connectivity index (χ0v) is 18.0. The average molecular weight is 437 g/mol. The Morgan fingerprint density at radius 1 is 1.03 bits per heavy atom. The normalized spacial score (nSPS) is 17.6. The van der Waals surface area contributed by atoms with Gasteiger partial charge in [-0.1, -0.05) is 54.1 Å². The number of hydrogen-bond donors (Lipinski definition) is 1. The number of ether oxygens (including phenoxy) is 2. The van der Waals surface area contributed by atoms with Crippen LogP contribution in [0.5, 0.6) is 11.5 Å². The highest BCUT2D eigenvalue weighted by Crippen LogP contribution is 2.36. The zero-order chi connectivity index (χ0) is 21.2. The molecule has 31 heavy (non-hydrogen) atoms. The van der Waals surface area contributed by atoms with Gasteiger partial charge >= 0.3 is 0 Å². The van der Waals surface area contributed by atoms with Crippen molar-refractivity contribution in [2.75, 3.05) is 13.3 Å². The summed E-state index contributed by atoms with van der Waals surface area (Å²) in [5.41, 5.74) is 2.19. The van der Waals surface area contributed by atoms with Gasteiger partial charge in [-0.3, -0.25) is 4.79 Å². The summed E-state index contributed by atoms with van der Waals surface area (Å²) < 4.78 is 10.8. The van der Waals surface area contributed by atoms with E-state index in [1.165, 1.54) is 16.3 Å². The fourth-order valence-electron chi connectivity index (χ4n) is 4.51. The maximum absolute atomic E-state index is 12.6. The third-order valence-corrected chi connectivity index (χ3v) is 6.54. The van der Waals surface area contributed by atoms with Crippen LogP contribution in [0.4, 0.5) is 0 Å². The van der Waals surface area contributed by atoms with E-state index in [1.807, 2.05) is 18.2 Å². The predicted octanol–water partition coefficient (Wildman–Crippen LogP) is 4.89. The molecule has 0 radical (unpaired) electrons. The van der Waals surface area contributed by atoms with Gasteiger partial charge in [-0.05, 0) is 47.4 Å². The molecule has 0 unspecified atom stereocenters. The van der Waals surface area contributed by atoms with E-state index in [0.717, 1.165) is 30.7 Å². The van der Waals surface area contributed by atoms with Gasteiger partial charge in [0.15, 0.2) is 11.5 Å². The Morgan fingerprint density at radius 2 is 1.84 bits per heavy atom. The Balaban J connectivity index is 1.20. The molecule has 1 saturated heterocycles. The molecule has 2 aliphatic heterocycles. The third-order valence-electron chi connectivity index (χ3n) is 6.18. The van der Waals surface area contributed by atoms with Gasteiger partial charge in [0, 0.05) is 36.6 Å². The Kier molecular flexibility index (Phi) is 5.70. The van der Waals surface area contributed by atoms with Gasteiger partial charge < -0.3 is 19.7 Å². The largest absolute Gasteiger partial charge is 0.454 e. The molecule has 1 N–H and O–H groups in total. The van der Waals surface area contributed by atoms with E-state index < -0.39 is 0 Å². The highest BCUT2D eigenvalue weighted by molar-refractivity contribution is 6.31. The Labute approximate surface area is 186 Å². The van der Waals surface area contributed by atoms with Crippen LogP contribution in [0.2, 0.25) is 5.02 Å². The van der Waals surface area contributed by atoms with E-state index >= 15 is 0 Å². The van der Waals surface area contributed by atoms with Crippen LogP contribution in [0, 0.1) is 0 Å². The Hall–Kier alpha value is -2.76. The summed E-state index contributed by atoms with van der Waals surface area (Å²) in [6, 6.07) is 18.7. The number of fused-ring (bicyclic) bond motifs is 2. The zero-order valence-electron chi connectivity index (χ0n) is 17.3. The molecule has 0 saturated carbocycles. The number of likely N-dealkylation sites (tertiary alicyclic amines) is 1. The topological polar surface area (TPSA) is 50.8 Å². The van der Waals surface area contributed by atoms with Crippen molar-refractivity contribution in [1.82, 2.24) is 10.2 Å². The van der Waals surface area contributed by atoms with Crippen LogP contribution in [-0.2, 0) is 17.9 Å². The monoisotopic (exact) mass is 436 g/mol. The summed E-state index contributed by atoms with van der Waals surface area (Å²) in [7, 11) is 0. The van der Waals surface area contributed by atoms with Crippen LogP contribution in [0.25, 0.3) is 10.8 Å². The third kappa shape index (κ3) is 4.21. The first-order chi connectivity index (χ1) is 15.2. The molecule has 0 bridgehead atoms. The van der Waals surface area contributed by atoms with E-state index in [1.54, 1.807) is 0 Å². The Morgan fingerprint density at radius 3 is 2.74 bits per heavy atom. The van der Waals surface area contributed by atoms with Crippen LogP contribution in [0.3, 0.4) is 0 Å². The highest BCUT2D eigenvalue weighted by atomic mass is 35.5. The number of carbonyl (C=O) groups excluding carboxylic acids is 1. The standard InChI is InChI=1S/C25H25ClN2O3/c26-22-13-24-23(30-16-31-24)12-19(22)14-27-11-10-20-8-9-25(29)28(20)15-18-6-3-5-17-4-1-2-7-21(17)18/h1-7,12-13,20,27H,8-11,14-16H2/t20-/m0/s1. The summed E-state index contributed by atoms with van der Waals surface area (Å²) >= 11 is 6.37. The van der Waals surface area contributed by atoms with Crippen molar-refractivity contribution in [2.45, 2.75) is 38.4 Å². The molecule has 1 amide bonds. The van der Waals surface area contributed by atoms with Gasteiger partial charge in [0.2, 0.25) is 12.7 Å². The number of rotatable bonds is 7. The van der Waals surface area contributed by atoms with Gasteiger partial charge in [-0.2, -0.15) is 0 Å². The first kappa shape index (κ1) is 20.2. The van der Waals surface area contributed by atoms with Gasteiger partial charge in [0.1, 0.15) is 0 Å². The van der Waals surface area contributed by atoms with Gasteiger partial charge in [-0.25, -0.2) is 0 Å². The number of halogens is 1. The van der Waals surface area contributed by atoms with Crippen molar-refractivity contribution in [3.05, 3.63) is 70.7 Å². The maximum Gasteiger partial charge on any atom is 0.231 e. The minimum absolute atomic E-state index is 0.241. The molecule has 3 aromatic carbocycles. The predicted molar refractivity (Wildman–Crippen MR) is 121 cm³/mol. The van der Waals surface area contributed by atoms with Crippen LogP contribution in [0.1, 0.15) is 30.4 Å². The molecule has 3 aromatic rings. The SMILES string of the molecule is O=C1CC[C@@H](CCNCc2cc3c(cc2Cl)OCO3)N1Cc1cccc2ccccc12. The lowest BCUT2D eigenvalue weighted by Gasteiger charge is -2.26. The van der Waals surface area contributed by atoms with Crippen LogP contribution in [-0.4, -0.2) is 30.2 Å². The summed E-state index contributed by atoms with van der Waals surface area (Å²) in [6.07, 6.45) is 2.46. The molecule has 1 atom stereocenters. The number of nitrogens with one attached hydrogen (secondary N) is 1. The van der Waals surface area contributed by atoms with Crippen molar-refractivity contribution < 1.29 is 14.3 Å². The second kappa shape index (κ2) is 8.77. The van der Waals surface area contributed by atoms with Crippen LogP contribution >= 0.6 is 11.6 Å². The van der Waals surface area contributed by atoms with Gasteiger partial charge in [0.25, 0.3) is 0 Å². The molecule has 5 nitrogen and oxygen atoms in total. The minimum atomic E-state index is 0.241. The summed E-state index contributed by atoms with van der Waals surface area (Å²) in [4.78, 5) is 14.6. The lowest BCUT2D eigenvalue weighted by atomic mass is 10.0. The fourth-order valence-corrected chi connectivity index (χ4v) is 4.73. The first-order valence-electron chi connectivity index (χ1n) is 10.7. The number of amides is 1. The summed E-state index contributed by atoms with van der Waals surface area (Å²) in [6.45, 7) is 2.37. The number of benzene rings is 3. The molecule has 6 heteroatoms. The minimum Gasteiger partial charge on any atom is -0.454 e. The summed E-state index contributed by atoms with van der Waals surface area (Å²) in [5.74, 6) is 1.68. The summed E-state index contributed by atoms with van der Waals surface area (Å²) in [5, 5.41) is 6.58. The molecule has 0 aliphatic carbocycles. The van der Waals surface area contributed by atoms with E-state index in [0.29, 0.717) is 30.3 Å². The van der Waals surface area contributed by atoms with Crippen molar-refractivity contribution in [3.63, 3.8) is 0 Å². The second-order valence-electron chi connectivity index (χ2n) is 8.11. The molecular weight excluding hydrogens is 412 g/mol. The molecule has 160 valence electrons. The molecule has 2 aliphatic rings. The quantitative estimate of drug-likeness (QED) is 0.535. The van der Waals surface area contributed by atoms with Crippen molar-refractivity contribution >= 4 is 28.3 Å². The molecule has 5 rings (SSSR count). The van der Waals surface area contributed by atoms with Crippen molar-refractivity contribution in [1.29, 1.82) is 0 Å². The first-order valence-corrected chi connectivity index (χ1v) is 11.1. The molecular formula is C25H25ClN2O3. The molecule has 0 aromatic heterocycles. The Bertz CT molecular complexity index is 1110. The van der Waals surface area contributed by atoms with Crippen molar-refractivity contribution in [3.8, 4) is 11.5 Å².